The number of thiophene rings is 1. The molecule has 3 aromatic rings. The molecule has 6 heteroatoms. The molecule has 2 aromatic carbocycles. The minimum Gasteiger partial charge on any atom is -0.497 e. The summed E-state index contributed by atoms with van der Waals surface area (Å²) in [6, 6.07) is 20.2. The third kappa shape index (κ3) is 4.92. The number of nitrogens with zero attached hydrogens (tertiary/aromatic N) is 1. The van der Waals surface area contributed by atoms with E-state index >= 15 is 0 Å². The summed E-state index contributed by atoms with van der Waals surface area (Å²) in [5, 5.41) is 5.31. The molecule has 0 unspecified atom stereocenters. The molecule has 1 aliphatic heterocycles. The van der Waals surface area contributed by atoms with Crippen molar-refractivity contribution >= 4 is 17.2 Å². The standard InChI is InChI=1S/C25H28N2O3S/c1-29-19-12-13-20(22(16-19)30-2)21-10-6-14-27(21)17-24(28)26-25(23-11-7-15-31-23)18-8-4-3-5-9-18/h3-5,7-9,11-13,15-16,21,25H,6,10,14,17H2,1-2H3,(H,26,28)/t21-,25-/m0/s1. The van der Waals surface area contributed by atoms with E-state index in [9.17, 15) is 4.79 Å². The van der Waals surface area contributed by atoms with Gasteiger partial charge in [-0.3, -0.25) is 9.69 Å². The van der Waals surface area contributed by atoms with Gasteiger partial charge in [0, 0.05) is 22.5 Å². The Morgan fingerprint density at radius 1 is 1.13 bits per heavy atom. The Kier molecular flexibility index (Phi) is 6.89. The van der Waals surface area contributed by atoms with Crippen LogP contribution < -0.4 is 14.8 Å². The summed E-state index contributed by atoms with van der Waals surface area (Å²) in [6.45, 7) is 1.25. The number of likely N-dealkylation sites (tertiary alicyclic amines) is 1. The summed E-state index contributed by atoms with van der Waals surface area (Å²) in [6.07, 6.45) is 2.06. The minimum absolute atomic E-state index is 0.0293. The Labute approximate surface area is 187 Å². The zero-order valence-electron chi connectivity index (χ0n) is 17.9. The van der Waals surface area contributed by atoms with Crippen LogP contribution in [0.25, 0.3) is 0 Å². The molecule has 0 radical (unpaired) electrons. The number of carbonyl (C=O) groups is 1. The summed E-state index contributed by atoms with van der Waals surface area (Å²) >= 11 is 1.66. The lowest BCUT2D eigenvalue weighted by Gasteiger charge is -2.27. The van der Waals surface area contributed by atoms with Crippen LogP contribution in [-0.4, -0.2) is 38.1 Å². The smallest absolute Gasteiger partial charge is 0.234 e. The number of carbonyl (C=O) groups excluding carboxylic acids is 1. The number of hydrogen-bond acceptors (Lipinski definition) is 5. The van der Waals surface area contributed by atoms with E-state index in [0.29, 0.717) is 6.54 Å². The minimum atomic E-state index is -0.134. The molecule has 1 N–H and O–H groups in total. The van der Waals surface area contributed by atoms with Crippen LogP contribution in [0.1, 0.15) is 40.9 Å². The summed E-state index contributed by atoms with van der Waals surface area (Å²) in [5.74, 6) is 1.60. The number of nitrogens with one attached hydrogen (secondary N) is 1. The highest BCUT2D eigenvalue weighted by Crippen LogP contribution is 2.38. The monoisotopic (exact) mass is 436 g/mol. The van der Waals surface area contributed by atoms with Crippen LogP contribution in [0, 0.1) is 0 Å². The van der Waals surface area contributed by atoms with Crippen molar-refractivity contribution in [3.63, 3.8) is 0 Å². The van der Waals surface area contributed by atoms with Gasteiger partial charge in [-0.2, -0.15) is 0 Å². The van der Waals surface area contributed by atoms with Gasteiger partial charge in [0.05, 0.1) is 26.8 Å². The van der Waals surface area contributed by atoms with Crippen LogP contribution in [0.2, 0.25) is 0 Å². The highest BCUT2D eigenvalue weighted by Gasteiger charge is 2.30. The molecule has 4 rings (SSSR count). The van der Waals surface area contributed by atoms with Gasteiger partial charge < -0.3 is 14.8 Å². The van der Waals surface area contributed by atoms with E-state index in [1.807, 2.05) is 41.8 Å². The SMILES string of the molecule is COc1ccc([C@@H]2CCCN2CC(=O)N[C@@H](c2ccccc2)c2cccs2)c(OC)c1. The predicted molar refractivity (Wildman–Crippen MR) is 124 cm³/mol. The number of rotatable bonds is 8. The number of amides is 1. The Morgan fingerprint density at radius 3 is 2.68 bits per heavy atom. The molecule has 2 heterocycles. The fourth-order valence-corrected chi connectivity index (χ4v) is 5.07. The summed E-state index contributed by atoms with van der Waals surface area (Å²) in [4.78, 5) is 16.5. The Hall–Kier alpha value is -2.83. The van der Waals surface area contributed by atoms with Crippen molar-refractivity contribution in [3.05, 3.63) is 82.0 Å². The lowest BCUT2D eigenvalue weighted by atomic mass is 10.0. The molecule has 1 amide bonds. The molecule has 0 aliphatic carbocycles. The maximum atomic E-state index is 13.1. The highest BCUT2D eigenvalue weighted by atomic mass is 32.1. The average Bonchev–Trinajstić information content (AvgIpc) is 3.50. The molecule has 0 spiro atoms. The third-order valence-corrected chi connectivity index (χ3v) is 6.71. The van der Waals surface area contributed by atoms with Crippen molar-refractivity contribution in [2.75, 3.05) is 27.3 Å². The van der Waals surface area contributed by atoms with Crippen LogP contribution in [-0.2, 0) is 4.79 Å². The fraction of sp³-hybridized carbons (Fsp3) is 0.320. The fourth-order valence-electron chi connectivity index (χ4n) is 4.27. The molecule has 31 heavy (non-hydrogen) atoms. The van der Waals surface area contributed by atoms with Gasteiger partial charge in [0.15, 0.2) is 0 Å². The topological polar surface area (TPSA) is 50.8 Å². The van der Waals surface area contributed by atoms with Crippen LogP contribution in [0.15, 0.2) is 66.0 Å². The van der Waals surface area contributed by atoms with Crippen molar-refractivity contribution < 1.29 is 14.3 Å². The van der Waals surface area contributed by atoms with Crippen molar-refractivity contribution in [3.8, 4) is 11.5 Å². The van der Waals surface area contributed by atoms with Crippen molar-refractivity contribution in [1.82, 2.24) is 10.2 Å². The van der Waals surface area contributed by atoms with Gasteiger partial charge >= 0.3 is 0 Å². The normalized spacial score (nSPS) is 17.3. The largest absolute Gasteiger partial charge is 0.497 e. The Morgan fingerprint density at radius 2 is 1.97 bits per heavy atom. The Bertz CT molecular complexity index is 991. The lowest BCUT2D eigenvalue weighted by molar-refractivity contribution is -0.123. The number of benzene rings is 2. The molecule has 2 atom stereocenters. The maximum Gasteiger partial charge on any atom is 0.234 e. The molecule has 1 fully saturated rings. The van der Waals surface area contributed by atoms with E-state index in [0.717, 1.165) is 46.9 Å². The average molecular weight is 437 g/mol. The Balaban J connectivity index is 1.50. The van der Waals surface area contributed by atoms with Crippen LogP contribution in [0.5, 0.6) is 11.5 Å². The first-order valence-corrected chi connectivity index (χ1v) is 11.4. The van der Waals surface area contributed by atoms with E-state index in [1.165, 1.54) is 0 Å². The van der Waals surface area contributed by atoms with Crippen molar-refractivity contribution in [1.29, 1.82) is 0 Å². The first kappa shape index (κ1) is 21.4. The van der Waals surface area contributed by atoms with Crippen LogP contribution in [0.4, 0.5) is 0 Å². The quantitative estimate of drug-likeness (QED) is 0.551. The van der Waals surface area contributed by atoms with Crippen molar-refractivity contribution in [2.24, 2.45) is 0 Å². The third-order valence-electron chi connectivity index (χ3n) is 5.78. The van der Waals surface area contributed by atoms with Gasteiger partial charge in [0.2, 0.25) is 5.91 Å². The highest BCUT2D eigenvalue weighted by molar-refractivity contribution is 7.10. The first-order valence-electron chi connectivity index (χ1n) is 10.5. The van der Waals surface area contributed by atoms with E-state index in [-0.39, 0.29) is 18.0 Å². The number of ether oxygens (including phenoxy) is 2. The molecule has 1 aliphatic rings. The van der Waals surface area contributed by atoms with E-state index in [1.54, 1.807) is 25.6 Å². The second kappa shape index (κ2) is 9.98. The van der Waals surface area contributed by atoms with Gasteiger partial charge in [0.1, 0.15) is 11.5 Å². The van der Waals surface area contributed by atoms with E-state index < -0.39 is 0 Å². The van der Waals surface area contributed by atoms with E-state index in [4.69, 9.17) is 9.47 Å². The summed E-state index contributed by atoms with van der Waals surface area (Å²) < 4.78 is 10.9. The maximum absolute atomic E-state index is 13.1. The number of hydrogen-bond donors (Lipinski definition) is 1. The molecule has 162 valence electrons. The van der Waals surface area contributed by atoms with Crippen LogP contribution in [0.3, 0.4) is 0 Å². The molecule has 5 nitrogen and oxygen atoms in total. The molecule has 1 aromatic heterocycles. The van der Waals surface area contributed by atoms with Gasteiger partial charge in [0.25, 0.3) is 0 Å². The second-order valence-corrected chi connectivity index (χ2v) is 8.64. The first-order chi connectivity index (χ1) is 15.2. The predicted octanol–water partition coefficient (Wildman–Crippen LogP) is 4.81. The zero-order chi connectivity index (χ0) is 21.6. The van der Waals surface area contributed by atoms with Gasteiger partial charge in [-0.1, -0.05) is 42.5 Å². The lowest BCUT2D eigenvalue weighted by Crippen LogP contribution is -2.38. The molecule has 0 bridgehead atoms. The molecule has 0 saturated carbocycles. The second-order valence-electron chi connectivity index (χ2n) is 7.66. The number of methoxy groups -OCH3 is 2. The van der Waals surface area contributed by atoms with Gasteiger partial charge in [-0.15, -0.1) is 11.3 Å². The zero-order valence-corrected chi connectivity index (χ0v) is 18.7. The van der Waals surface area contributed by atoms with Gasteiger partial charge in [-0.25, -0.2) is 0 Å². The van der Waals surface area contributed by atoms with Crippen molar-refractivity contribution in [2.45, 2.75) is 24.9 Å². The molecular weight excluding hydrogens is 408 g/mol. The van der Waals surface area contributed by atoms with Gasteiger partial charge in [-0.05, 0) is 42.5 Å². The summed E-state index contributed by atoms with van der Waals surface area (Å²) in [7, 11) is 3.33. The molecule has 1 saturated heterocycles. The molecular formula is C25H28N2O3S. The van der Waals surface area contributed by atoms with E-state index in [2.05, 4.69) is 34.5 Å². The van der Waals surface area contributed by atoms with Crippen LogP contribution >= 0.6 is 11.3 Å². The summed E-state index contributed by atoms with van der Waals surface area (Å²) in [5.41, 5.74) is 2.19.